The second-order valence-electron chi connectivity index (χ2n) is 6.54. The van der Waals surface area contributed by atoms with Crippen LogP contribution in [0.25, 0.3) is 0 Å². The van der Waals surface area contributed by atoms with E-state index >= 15 is 0 Å². The first kappa shape index (κ1) is 13.6. The van der Waals surface area contributed by atoms with Crippen LogP contribution in [0, 0.1) is 11.8 Å². The SMILES string of the molecule is CC(C)(C)OC(=O)N1C[C@@H]2C[C@H]1C2CC(N)CO. The highest BCUT2D eigenvalue weighted by Gasteiger charge is 2.54. The third-order valence-electron chi connectivity index (χ3n) is 3.91. The average Bonchev–Trinajstić information content (AvgIpc) is 2.80. The second kappa shape index (κ2) is 4.70. The van der Waals surface area contributed by atoms with Crippen molar-refractivity contribution < 1.29 is 14.6 Å². The third kappa shape index (κ3) is 2.62. The molecule has 18 heavy (non-hydrogen) atoms. The molecule has 2 unspecified atom stereocenters. The number of nitrogens with two attached hydrogens (primary N) is 1. The van der Waals surface area contributed by atoms with Gasteiger partial charge >= 0.3 is 6.09 Å². The van der Waals surface area contributed by atoms with Gasteiger partial charge < -0.3 is 20.5 Å². The van der Waals surface area contributed by atoms with Crippen molar-refractivity contribution in [3.05, 3.63) is 0 Å². The largest absolute Gasteiger partial charge is 0.444 e. The molecule has 5 heteroatoms. The van der Waals surface area contributed by atoms with E-state index in [1.54, 1.807) is 0 Å². The molecule has 3 rings (SSSR count). The molecule has 0 radical (unpaired) electrons. The van der Waals surface area contributed by atoms with Crippen molar-refractivity contribution in [2.45, 2.75) is 51.3 Å². The van der Waals surface area contributed by atoms with Crippen LogP contribution in [0.5, 0.6) is 0 Å². The minimum Gasteiger partial charge on any atom is -0.444 e. The maximum atomic E-state index is 12.0. The van der Waals surface area contributed by atoms with Gasteiger partial charge in [-0.1, -0.05) is 0 Å². The number of aliphatic hydroxyl groups excluding tert-OH is 1. The first-order valence-corrected chi connectivity index (χ1v) is 6.68. The van der Waals surface area contributed by atoms with Gasteiger partial charge in [0.05, 0.1) is 6.61 Å². The van der Waals surface area contributed by atoms with Crippen molar-refractivity contribution >= 4 is 6.09 Å². The number of amides is 1. The predicted molar refractivity (Wildman–Crippen MR) is 68.0 cm³/mol. The molecular formula is C13H24N2O3. The number of fused-ring (bicyclic) bond motifs is 1. The van der Waals surface area contributed by atoms with Crippen LogP contribution in [0.15, 0.2) is 0 Å². The Morgan fingerprint density at radius 2 is 2.22 bits per heavy atom. The average molecular weight is 256 g/mol. The molecule has 0 aromatic heterocycles. The molecule has 2 heterocycles. The highest BCUT2D eigenvalue weighted by molar-refractivity contribution is 5.69. The fraction of sp³-hybridized carbons (Fsp3) is 0.923. The van der Waals surface area contributed by atoms with E-state index in [1.165, 1.54) is 0 Å². The zero-order valence-corrected chi connectivity index (χ0v) is 11.4. The predicted octanol–water partition coefficient (Wildman–Crippen LogP) is 0.952. The number of carbonyl (C=O) groups is 1. The molecule has 104 valence electrons. The monoisotopic (exact) mass is 256 g/mol. The number of nitrogens with zero attached hydrogens (tertiary/aromatic N) is 1. The molecule has 3 aliphatic rings. The van der Waals surface area contributed by atoms with Crippen molar-refractivity contribution in [2.75, 3.05) is 13.2 Å². The van der Waals surface area contributed by atoms with Gasteiger partial charge in [0.2, 0.25) is 0 Å². The van der Waals surface area contributed by atoms with E-state index in [-0.39, 0.29) is 24.8 Å². The maximum absolute atomic E-state index is 12.0. The number of rotatable bonds is 3. The van der Waals surface area contributed by atoms with Gasteiger partial charge in [0.1, 0.15) is 5.60 Å². The summed E-state index contributed by atoms with van der Waals surface area (Å²) in [4.78, 5) is 13.9. The summed E-state index contributed by atoms with van der Waals surface area (Å²) in [6.45, 7) is 6.43. The van der Waals surface area contributed by atoms with E-state index in [0.29, 0.717) is 11.8 Å². The number of hydrogen-bond donors (Lipinski definition) is 2. The van der Waals surface area contributed by atoms with E-state index in [9.17, 15) is 4.79 Å². The van der Waals surface area contributed by atoms with Crippen LogP contribution >= 0.6 is 0 Å². The van der Waals surface area contributed by atoms with Crippen molar-refractivity contribution in [1.29, 1.82) is 0 Å². The summed E-state index contributed by atoms with van der Waals surface area (Å²) in [5, 5.41) is 8.99. The Kier molecular flexibility index (Phi) is 3.56. The van der Waals surface area contributed by atoms with Crippen LogP contribution in [0.4, 0.5) is 4.79 Å². The number of hydrogen-bond acceptors (Lipinski definition) is 4. The minimum absolute atomic E-state index is 0.0162. The molecule has 1 aliphatic carbocycles. The van der Waals surface area contributed by atoms with Gasteiger partial charge in [-0.15, -0.1) is 0 Å². The van der Waals surface area contributed by atoms with Crippen LogP contribution in [0.1, 0.15) is 33.6 Å². The molecule has 0 aromatic rings. The first-order chi connectivity index (χ1) is 8.31. The first-order valence-electron chi connectivity index (χ1n) is 6.68. The summed E-state index contributed by atoms with van der Waals surface area (Å²) in [6, 6.07) is 0.0985. The van der Waals surface area contributed by atoms with E-state index in [2.05, 4.69) is 0 Å². The molecule has 5 nitrogen and oxygen atoms in total. The van der Waals surface area contributed by atoms with Crippen molar-refractivity contribution in [3.8, 4) is 0 Å². The van der Waals surface area contributed by atoms with E-state index < -0.39 is 5.60 Å². The van der Waals surface area contributed by atoms with Crippen LogP contribution < -0.4 is 5.73 Å². The Labute approximate surface area is 108 Å². The third-order valence-corrected chi connectivity index (χ3v) is 3.91. The van der Waals surface area contributed by atoms with Gasteiger partial charge in [0.15, 0.2) is 0 Å². The topological polar surface area (TPSA) is 75.8 Å². The van der Waals surface area contributed by atoms with E-state index in [1.807, 2.05) is 25.7 Å². The highest BCUT2D eigenvalue weighted by atomic mass is 16.6. The quantitative estimate of drug-likeness (QED) is 0.788. The Balaban J connectivity index is 1.89. The summed E-state index contributed by atoms with van der Waals surface area (Å²) in [6.07, 6.45) is 1.64. The molecular weight excluding hydrogens is 232 g/mol. The minimum atomic E-state index is -0.443. The zero-order valence-electron chi connectivity index (χ0n) is 11.4. The maximum Gasteiger partial charge on any atom is 0.410 e. The molecule has 0 spiro atoms. The summed E-state index contributed by atoms with van der Waals surface area (Å²) in [5.74, 6) is 0.986. The van der Waals surface area contributed by atoms with Gasteiger partial charge in [0.25, 0.3) is 0 Å². The molecule has 2 bridgehead atoms. The van der Waals surface area contributed by atoms with Crippen molar-refractivity contribution in [3.63, 3.8) is 0 Å². The van der Waals surface area contributed by atoms with Gasteiger partial charge in [-0.05, 0) is 45.4 Å². The van der Waals surface area contributed by atoms with Crippen LogP contribution in [-0.2, 0) is 4.74 Å². The smallest absolute Gasteiger partial charge is 0.410 e. The lowest BCUT2D eigenvalue weighted by molar-refractivity contribution is 0.0190. The van der Waals surface area contributed by atoms with Crippen LogP contribution in [0.2, 0.25) is 0 Å². The highest BCUT2D eigenvalue weighted by Crippen LogP contribution is 2.48. The molecule has 2 saturated heterocycles. The molecule has 0 aromatic carbocycles. The Bertz CT molecular complexity index is 327. The zero-order chi connectivity index (χ0) is 13.5. The summed E-state index contributed by atoms with van der Waals surface area (Å²) < 4.78 is 5.40. The lowest BCUT2D eigenvalue weighted by Crippen LogP contribution is -2.45. The lowest BCUT2D eigenvalue weighted by Gasteiger charge is -2.37. The van der Waals surface area contributed by atoms with Crippen molar-refractivity contribution in [2.24, 2.45) is 17.6 Å². The number of ether oxygens (including phenoxy) is 1. The normalized spacial score (nSPS) is 32.1. The second-order valence-corrected chi connectivity index (χ2v) is 6.54. The molecule has 4 atom stereocenters. The summed E-state index contributed by atoms with van der Waals surface area (Å²) in [5.41, 5.74) is 5.33. The van der Waals surface area contributed by atoms with Gasteiger partial charge in [-0.2, -0.15) is 0 Å². The summed E-state index contributed by atoms with van der Waals surface area (Å²) in [7, 11) is 0. The van der Waals surface area contributed by atoms with Crippen LogP contribution in [0.3, 0.4) is 0 Å². The fourth-order valence-electron chi connectivity index (χ4n) is 3.04. The number of aliphatic hydroxyl groups is 1. The van der Waals surface area contributed by atoms with Crippen LogP contribution in [-0.4, -0.2) is 46.9 Å². The Morgan fingerprint density at radius 1 is 1.56 bits per heavy atom. The number of carbonyl (C=O) groups excluding carboxylic acids is 1. The standard InChI is InChI=1S/C13H24N2O3/c1-13(2,3)18-12(17)15-6-8-4-11(15)10(8)5-9(14)7-16/h8-11,16H,4-7,14H2,1-3H3/t8-,9?,10?,11-/m0/s1. The fourth-order valence-corrected chi connectivity index (χ4v) is 3.04. The molecule has 1 amide bonds. The molecule has 1 saturated carbocycles. The van der Waals surface area contributed by atoms with Gasteiger partial charge in [-0.25, -0.2) is 4.79 Å². The van der Waals surface area contributed by atoms with Gasteiger partial charge in [-0.3, -0.25) is 0 Å². The van der Waals surface area contributed by atoms with E-state index in [4.69, 9.17) is 15.6 Å². The van der Waals surface area contributed by atoms with Gasteiger partial charge in [0, 0.05) is 18.6 Å². The molecule has 3 fully saturated rings. The Morgan fingerprint density at radius 3 is 2.78 bits per heavy atom. The Hall–Kier alpha value is -0.810. The molecule has 3 N–H and O–H groups in total. The molecule has 2 aliphatic heterocycles. The van der Waals surface area contributed by atoms with Crippen molar-refractivity contribution in [1.82, 2.24) is 4.90 Å². The summed E-state index contributed by atoms with van der Waals surface area (Å²) >= 11 is 0. The lowest BCUT2D eigenvalue weighted by atomic mass is 9.71. The van der Waals surface area contributed by atoms with E-state index in [0.717, 1.165) is 19.4 Å².